The van der Waals surface area contributed by atoms with Gasteiger partial charge in [-0.1, -0.05) is 0 Å². The number of sulfonamides is 1. The summed E-state index contributed by atoms with van der Waals surface area (Å²) >= 11 is 0. The van der Waals surface area contributed by atoms with E-state index in [-0.39, 0.29) is 10.8 Å². The first-order valence-corrected chi connectivity index (χ1v) is 10.4. The van der Waals surface area contributed by atoms with Crippen LogP contribution in [0.15, 0.2) is 47.5 Å². The Balaban J connectivity index is 1.72. The van der Waals surface area contributed by atoms with Crippen molar-refractivity contribution in [3.05, 3.63) is 53.7 Å². The molecule has 2 aromatic rings. The Bertz CT molecular complexity index is 999. The first-order valence-electron chi connectivity index (χ1n) is 8.89. The van der Waals surface area contributed by atoms with Gasteiger partial charge in [-0.25, -0.2) is 18.1 Å². The molecular weight excluding hydrogens is 378 g/mol. The summed E-state index contributed by atoms with van der Waals surface area (Å²) in [6, 6.07) is 11.5. The molecule has 8 nitrogen and oxygen atoms in total. The maximum Gasteiger partial charge on any atom is 0.253 e. The number of amides is 1. The van der Waals surface area contributed by atoms with E-state index in [1.165, 1.54) is 31.3 Å². The van der Waals surface area contributed by atoms with Crippen molar-refractivity contribution in [3.8, 4) is 6.07 Å². The molecule has 1 N–H and O–H groups in total. The summed E-state index contributed by atoms with van der Waals surface area (Å²) in [5.74, 6) is 0.498. The minimum atomic E-state index is -3.53. The third-order valence-electron chi connectivity index (χ3n) is 4.67. The highest BCUT2D eigenvalue weighted by atomic mass is 32.2. The molecule has 0 aliphatic carbocycles. The fraction of sp³-hybridized carbons (Fsp3) is 0.316. The van der Waals surface area contributed by atoms with Crippen molar-refractivity contribution in [2.45, 2.75) is 11.3 Å². The Morgan fingerprint density at radius 3 is 2.57 bits per heavy atom. The lowest BCUT2D eigenvalue weighted by molar-refractivity contribution is 0.0767. The first-order chi connectivity index (χ1) is 13.5. The van der Waals surface area contributed by atoms with Crippen LogP contribution < -0.4 is 9.62 Å². The molecule has 0 radical (unpaired) electrons. The minimum absolute atomic E-state index is 0.118. The zero-order valence-electron chi connectivity index (χ0n) is 15.5. The molecule has 1 aromatic heterocycles. The molecule has 1 aliphatic heterocycles. The normalized spacial score (nSPS) is 15.0. The van der Waals surface area contributed by atoms with Crippen LogP contribution in [0.25, 0.3) is 0 Å². The summed E-state index contributed by atoms with van der Waals surface area (Å²) < 4.78 is 25.9. The number of nitrogens with zero attached hydrogens (tertiary/aromatic N) is 4. The Morgan fingerprint density at radius 1 is 1.14 bits per heavy atom. The van der Waals surface area contributed by atoms with E-state index in [1.54, 1.807) is 23.2 Å². The highest BCUT2D eigenvalue weighted by Crippen LogP contribution is 2.19. The zero-order valence-corrected chi connectivity index (χ0v) is 16.3. The van der Waals surface area contributed by atoms with Crippen molar-refractivity contribution in [2.75, 3.05) is 38.1 Å². The van der Waals surface area contributed by atoms with Gasteiger partial charge in [-0.2, -0.15) is 5.26 Å². The van der Waals surface area contributed by atoms with Gasteiger partial charge in [-0.15, -0.1) is 0 Å². The molecule has 9 heteroatoms. The number of anilines is 1. The molecule has 1 aliphatic rings. The number of nitrogens with one attached hydrogen (secondary N) is 1. The number of nitriles is 1. The molecule has 1 amide bonds. The van der Waals surface area contributed by atoms with Gasteiger partial charge in [0.15, 0.2) is 0 Å². The summed E-state index contributed by atoms with van der Waals surface area (Å²) in [6.45, 7) is 2.36. The highest BCUT2D eigenvalue weighted by molar-refractivity contribution is 7.89. The van der Waals surface area contributed by atoms with Crippen molar-refractivity contribution >= 4 is 21.7 Å². The Morgan fingerprint density at radius 2 is 1.89 bits per heavy atom. The molecule has 0 atom stereocenters. The average Bonchev–Trinajstić information content (AvgIpc) is 2.99. The maximum atomic E-state index is 12.8. The van der Waals surface area contributed by atoms with Gasteiger partial charge in [0, 0.05) is 37.9 Å². The molecule has 1 aromatic carbocycles. The number of aromatic nitrogens is 1. The summed E-state index contributed by atoms with van der Waals surface area (Å²) in [5.41, 5.74) is 0.961. The molecule has 3 rings (SSSR count). The third kappa shape index (κ3) is 4.13. The second-order valence-corrected chi connectivity index (χ2v) is 8.24. The number of hydrogen-bond donors (Lipinski definition) is 1. The van der Waals surface area contributed by atoms with E-state index >= 15 is 0 Å². The standard InChI is InChI=1S/C19H21N5O3S/c1-21-28(26,27)17-7-5-15(6-8-17)19(25)24-11-3-10-23(12-13-24)18-16(14-20)4-2-9-22-18/h2,4-9,21H,3,10-13H2,1H3. The number of carbonyl (C=O) groups is 1. The fourth-order valence-electron chi connectivity index (χ4n) is 3.15. The maximum absolute atomic E-state index is 12.8. The zero-order chi connectivity index (χ0) is 20.1. The van der Waals surface area contributed by atoms with Gasteiger partial charge in [-0.05, 0) is 49.9 Å². The van der Waals surface area contributed by atoms with Gasteiger partial charge in [0.1, 0.15) is 11.9 Å². The van der Waals surface area contributed by atoms with Crippen LogP contribution in [-0.2, 0) is 10.0 Å². The SMILES string of the molecule is CNS(=O)(=O)c1ccc(C(=O)N2CCCN(c3ncccc3C#N)CC2)cc1. The second-order valence-electron chi connectivity index (χ2n) is 6.35. The van der Waals surface area contributed by atoms with E-state index in [9.17, 15) is 18.5 Å². The third-order valence-corrected chi connectivity index (χ3v) is 6.10. The van der Waals surface area contributed by atoms with Crippen LogP contribution >= 0.6 is 0 Å². The minimum Gasteiger partial charge on any atom is -0.354 e. The van der Waals surface area contributed by atoms with Crippen molar-refractivity contribution < 1.29 is 13.2 Å². The molecule has 1 fully saturated rings. The van der Waals surface area contributed by atoms with Gasteiger partial charge >= 0.3 is 0 Å². The number of pyridine rings is 1. The van der Waals surface area contributed by atoms with Gasteiger partial charge in [0.2, 0.25) is 10.0 Å². The van der Waals surface area contributed by atoms with E-state index < -0.39 is 10.0 Å². The van der Waals surface area contributed by atoms with Crippen molar-refractivity contribution in [3.63, 3.8) is 0 Å². The highest BCUT2D eigenvalue weighted by Gasteiger charge is 2.22. The Hall–Kier alpha value is -2.96. The van der Waals surface area contributed by atoms with Crippen LogP contribution in [0, 0.1) is 11.3 Å². The van der Waals surface area contributed by atoms with Crippen LogP contribution in [0.1, 0.15) is 22.3 Å². The summed E-state index contributed by atoms with van der Waals surface area (Å²) in [4.78, 5) is 21.0. The van der Waals surface area contributed by atoms with Crippen molar-refractivity contribution in [1.29, 1.82) is 5.26 Å². The largest absolute Gasteiger partial charge is 0.354 e. The lowest BCUT2D eigenvalue weighted by Crippen LogP contribution is -2.35. The van der Waals surface area contributed by atoms with Crippen LogP contribution in [0.4, 0.5) is 5.82 Å². The predicted octanol–water partition coefficient (Wildman–Crippen LogP) is 1.21. The van der Waals surface area contributed by atoms with E-state index in [2.05, 4.69) is 15.8 Å². The van der Waals surface area contributed by atoms with Gasteiger partial charge in [0.05, 0.1) is 10.5 Å². The average molecular weight is 399 g/mol. The van der Waals surface area contributed by atoms with Crippen molar-refractivity contribution in [1.82, 2.24) is 14.6 Å². The van der Waals surface area contributed by atoms with E-state index in [4.69, 9.17) is 0 Å². The summed E-state index contributed by atoms with van der Waals surface area (Å²) in [6.07, 6.45) is 2.41. The molecule has 0 spiro atoms. The molecule has 1 saturated heterocycles. The molecular formula is C19H21N5O3S. The summed E-state index contributed by atoms with van der Waals surface area (Å²) in [7, 11) is -2.19. The Labute approximate surface area is 164 Å². The monoisotopic (exact) mass is 399 g/mol. The molecule has 28 heavy (non-hydrogen) atoms. The summed E-state index contributed by atoms with van der Waals surface area (Å²) in [5, 5.41) is 9.28. The van der Waals surface area contributed by atoms with Crippen LogP contribution in [0.2, 0.25) is 0 Å². The quantitative estimate of drug-likeness (QED) is 0.828. The van der Waals surface area contributed by atoms with Crippen molar-refractivity contribution in [2.24, 2.45) is 0 Å². The predicted molar refractivity (Wildman–Crippen MR) is 104 cm³/mol. The molecule has 0 bridgehead atoms. The van der Waals surface area contributed by atoms with E-state index in [1.807, 2.05) is 4.90 Å². The smallest absolute Gasteiger partial charge is 0.253 e. The van der Waals surface area contributed by atoms with E-state index in [0.717, 1.165) is 6.42 Å². The lowest BCUT2D eigenvalue weighted by atomic mass is 10.2. The van der Waals surface area contributed by atoms with Crippen LogP contribution in [0.3, 0.4) is 0 Å². The topological polar surface area (TPSA) is 106 Å². The number of hydrogen-bond acceptors (Lipinski definition) is 6. The van der Waals surface area contributed by atoms with Crippen LogP contribution in [-0.4, -0.2) is 57.4 Å². The van der Waals surface area contributed by atoms with Gasteiger partial charge in [0.25, 0.3) is 5.91 Å². The molecule has 0 saturated carbocycles. The van der Waals surface area contributed by atoms with Crippen LogP contribution in [0.5, 0.6) is 0 Å². The first kappa shape index (κ1) is 19.8. The number of carbonyl (C=O) groups excluding carboxylic acids is 1. The van der Waals surface area contributed by atoms with E-state index in [0.29, 0.717) is 43.1 Å². The second kappa shape index (κ2) is 8.37. The van der Waals surface area contributed by atoms with Gasteiger partial charge < -0.3 is 9.80 Å². The fourth-order valence-corrected chi connectivity index (χ4v) is 3.88. The molecule has 146 valence electrons. The number of benzene rings is 1. The molecule has 0 unspecified atom stereocenters. The van der Waals surface area contributed by atoms with Gasteiger partial charge in [-0.3, -0.25) is 4.79 Å². The number of rotatable bonds is 4. The molecule has 2 heterocycles. The lowest BCUT2D eigenvalue weighted by Gasteiger charge is -2.23. The Kier molecular flexibility index (Phi) is 5.92.